The molecule has 17 heavy (non-hydrogen) atoms. The SMILES string of the molecule is NC(Cc1cccc(Br)c1)C1C2CCCCC21. The van der Waals surface area contributed by atoms with Gasteiger partial charge in [0.2, 0.25) is 0 Å². The Labute approximate surface area is 112 Å². The van der Waals surface area contributed by atoms with E-state index in [0.717, 1.165) is 28.6 Å². The van der Waals surface area contributed by atoms with Gasteiger partial charge in [0.05, 0.1) is 0 Å². The van der Waals surface area contributed by atoms with E-state index < -0.39 is 0 Å². The molecule has 0 heterocycles. The van der Waals surface area contributed by atoms with Crippen LogP contribution in [0.1, 0.15) is 31.2 Å². The van der Waals surface area contributed by atoms with Gasteiger partial charge in [0.1, 0.15) is 0 Å². The van der Waals surface area contributed by atoms with E-state index in [1.807, 2.05) is 0 Å². The van der Waals surface area contributed by atoms with Crippen molar-refractivity contribution in [3.63, 3.8) is 0 Å². The normalized spacial score (nSPS) is 32.9. The first kappa shape index (κ1) is 11.7. The molecule has 3 unspecified atom stereocenters. The molecule has 3 rings (SSSR count). The Morgan fingerprint density at radius 3 is 2.59 bits per heavy atom. The van der Waals surface area contributed by atoms with E-state index >= 15 is 0 Å². The summed E-state index contributed by atoms with van der Waals surface area (Å²) in [6.45, 7) is 0. The van der Waals surface area contributed by atoms with E-state index in [2.05, 4.69) is 40.2 Å². The first-order valence-corrected chi connectivity index (χ1v) is 7.55. The molecular formula is C15H20BrN. The fourth-order valence-corrected chi connectivity index (χ4v) is 4.20. The highest BCUT2D eigenvalue weighted by Gasteiger charge is 2.52. The van der Waals surface area contributed by atoms with Crippen LogP contribution in [0.4, 0.5) is 0 Å². The molecule has 2 heteroatoms. The molecule has 2 aliphatic carbocycles. The van der Waals surface area contributed by atoms with E-state index in [1.165, 1.54) is 31.2 Å². The molecule has 0 aromatic heterocycles. The van der Waals surface area contributed by atoms with Crippen LogP contribution in [-0.4, -0.2) is 6.04 Å². The van der Waals surface area contributed by atoms with Gasteiger partial charge in [-0.1, -0.05) is 40.9 Å². The van der Waals surface area contributed by atoms with E-state index in [9.17, 15) is 0 Å². The van der Waals surface area contributed by atoms with Gasteiger partial charge >= 0.3 is 0 Å². The predicted molar refractivity (Wildman–Crippen MR) is 74.8 cm³/mol. The number of fused-ring (bicyclic) bond motifs is 1. The van der Waals surface area contributed by atoms with Crippen molar-refractivity contribution in [2.45, 2.75) is 38.1 Å². The average Bonchev–Trinajstić information content (AvgIpc) is 3.03. The summed E-state index contributed by atoms with van der Waals surface area (Å²) in [7, 11) is 0. The van der Waals surface area contributed by atoms with Gasteiger partial charge in [-0.3, -0.25) is 0 Å². The van der Waals surface area contributed by atoms with Crippen molar-refractivity contribution in [1.29, 1.82) is 0 Å². The van der Waals surface area contributed by atoms with E-state index in [1.54, 1.807) is 0 Å². The second-order valence-corrected chi connectivity index (χ2v) is 6.60. The second-order valence-electron chi connectivity index (χ2n) is 5.69. The topological polar surface area (TPSA) is 26.0 Å². The number of benzene rings is 1. The lowest BCUT2D eigenvalue weighted by Gasteiger charge is -2.11. The summed E-state index contributed by atoms with van der Waals surface area (Å²) in [5.41, 5.74) is 7.78. The lowest BCUT2D eigenvalue weighted by Crippen LogP contribution is -2.26. The maximum atomic E-state index is 6.41. The molecule has 92 valence electrons. The minimum absolute atomic E-state index is 0.373. The van der Waals surface area contributed by atoms with Gasteiger partial charge in [-0.15, -0.1) is 0 Å². The zero-order valence-electron chi connectivity index (χ0n) is 10.1. The zero-order valence-corrected chi connectivity index (χ0v) is 11.7. The average molecular weight is 294 g/mol. The third kappa shape index (κ3) is 2.43. The molecule has 1 aromatic carbocycles. The second kappa shape index (κ2) is 4.74. The number of rotatable bonds is 3. The molecule has 0 radical (unpaired) electrons. The van der Waals surface area contributed by atoms with Crippen LogP contribution in [0.3, 0.4) is 0 Å². The highest BCUT2D eigenvalue weighted by atomic mass is 79.9. The van der Waals surface area contributed by atoms with E-state index in [0.29, 0.717) is 6.04 Å². The molecule has 3 atom stereocenters. The minimum atomic E-state index is 0.373. The molecule has 0 spiro atoms. The van der Waals surface area contributed by atoms with Crippen LogP contribution in [0.5, 0.6) is 0 Å². The highest BCUT2D eigenvalue weighted by molar-refractivity contribution is 9.10. The number of hydrogen-bond acceptors (Lipinski definition) is 1. The Hall–Kier alpha value is -0.340. The number of nitrogens with two attached hydrogens (primary N) is 1. The molecule has 0 bridgehead atoms. The Balaban J connectivity index is 1.62. The standard InChI is InChI=1S/C15H20BrN/c16-11-5-3-4-10(8-11)9-14(17)15-12-6-1-2-7-13(12)15/h3-5,8,12-15H,1-2,6-7,9,17H2. The van der Waals surface area contributed by atoms with Gasteiger partial charge in [-0.25, -0.2) is 0 Å². The molecule has 1 aromatic rings. The molecule has 1 nitrogen and oxygen atoms in total. The summed E-state index contributed by atoms with van der Waals surface area (Å²) in [6.07, 6.45) is 6.77. The lowest BCUT2D eigenvalue weighted by atomic mass is 10.0. The molecule has 0 aliphatic heterocycles. The quantitative estimate of drug-likeness (QED) is 0.902. The Kier molecular flexibility index (Phi) is 3.27. The zero-order chi connectivity index (χ0) is 11.8. The maximum Gasteiger partial charge on any atom is 0.0178 e. The molecule has 2 fully saturated rings. The van der Waals surface area contributed by atoms with Crippen LogP contribution in [0.2, 0.25) is 0 Å². The fraction of sp³-hybridized carbons (Fsp3) is 0.600. The van der Waals surface area contributed by atoms with Crippen LogP contribution >= 0.6 is 15.9 Å². The summed E-state index contributed by atoms with van der Waals surface area (Å²) >= 11 is 3.52. The number of hydrogen-bond donors (Lipinski definition) is 1. The Bertz CT molecular complexity index is 392. The molecule has 2 saturated carbocycles. The molecule has 0 amide bonds. The van der Waals surface area contributed by atoms with Gasteiger partial charge in [-0.2, -0.15) is 0 Å². The first-order valence-electron chi connectivity index (χ1n) is 6.76. The monoisotopic (exact) mass is 293 g/mol. The summed E-state index contributed by atoms with van der Waals surface area (Å²) < 4.78 is 1.16. The van der Waals surface area contributed by atoms with E-state index in [-0.39, 0.29) is 0 Å². The van der Waals surface area contributed by atoms with E-state index in [4.69, 9.17) is 5.73 Å². The summed E-state index contributed by atoms with van der Waals surface area (Å²) in [4.78, 5) is 0. The third-order valence-electron chi connectivity index (χ3n) is 4.58. The molecule has 2 N–H and O–H groups in total. The Morgan fingerprint density at radius 2 is 1.94 bits per heavy atom. The van der Waals surface area contributed by atoms with Gasteiger partial charge < -0.3 is 5.73 Å². The van der Waals surface area contributed by atoms with Crippen LogP contribution in [-0.2, 0) is 6.42 Å². The van der Waals surface area contributed by atoms with Gasteiger partial charge in [0.15, 0.2) is 0 Å². The van der Waals surface area contributed by atoms with Crippen LogP contribution < -0.4 is 5.73 Å². The lowest BCUT2D eigenvalue weighted by molar-refractivity contribution is 0.480. The van der Waals surface area contributed by atoms with Crippen molar-refractivity contribution in [1.82, 2.24) is 0 Å². The van der Waals surface area contributed by atoms with Gasteiger partial charge in [-0.05, 0) is 54.7 Å². The summed E-state index contributed by atoms with van der Waals surface area (Å²) in [5.74, 6) is 2.74. The Morgan fingerprint density at radius 1 is 1.24 bits per heavy atom. The van der Waals surface area contributed by atoms with Crippen LogP contribution in [0, 0.1) is 17.8 Å². The summed E-state index contributed by atoms with van der Waals surface area (Å²) in [5, 5.41) is 0. The maximum absolute atomic E-state index is 6.41. The van der Waals surface area contributed by atoms with Gasteiger partial charge in [0, 0.05) is 10.5 Å². The highest BCUT2D eigenvalue weighted by Crippen LogP contribution is 2.56. The molecule has 2 aliphatic rings. The first-order chi connectivity index (χ1) is 8.25. The predicted octanol–water partition coefficient (Wildman–Crippen LogP) is 3.76. The van der Waals surface area contributed by atoms with Crippen LogP contribution in [0.25, 0.3) is 0 Å². The van der Waals surface area contributed by atoms with Gasteiger partial charge in [0.25, 0.3) is 0 Å². The van der Waals surface area contributed by atoms with Crippen molar-refractivity contribution < 1.29 is 0 Å². The van der Waals surface area contributed by atoms with Crippen molar-refractivity contribution in [2.24, 2.45) is 23.5 Å². The minimum Gasteiger partial charge on any atom is -0.327 e. The van der Waals surface area contributed by atoms with Crippen LogP contribution in [0.15, 0.2) is 28.7 Å². The third-order valence-corrected chi connectivity index (χ3v) is 5.07. The molecule has 0 saturated heterocycles. The van der Waals surface area contributed by atoms with Crippen molar-refractivity contribution in [3.8, 4) is 0 Å². The van der Waals surface area contributed by atoms with Crippen molar-refractivity contribution >= 4 is 15.9 Å². The largest absolute Gasteiger partial charge is 0.327 e. The number of halogens is 1. The summed E-state index contributed by atoms with van der Waals surface area (Å²) in [6, 6.07) is 8.94. The fourth-order valence-electron chi connectivity index (χ4n) is 3.75. The van der Waals surface area contributed by atoms with Crippen molar-refractivity contribution in [3.05, 3.63) is 34.3 Å². The molecular weight excluding hydrogens is 274 g/mol. The smallest absolute Gasteiger partial charge is 0.0178 e. The van der Waals surface area contributed by atoms with Crippen molar-refractivity contribution in [2.75, 3.05) is 0 Å².